The van der Waals surface area contributed by atoms with Crippen LogP contribution >= 0.6 is 15.9 Å². The molecule has 0 fully saturated rings. The van der Waals surface area contributed by atoms with Crippen LogP contribution in [-0.2, 0) is 4.79 Å². The first-order chi connectivity index (χ1) is 12.0. The molecule has 1 amide bonds. The van der Waals surface area contributed by atoms with Gasteiger partial charge in [0.1, 0.15) is 6.04 Å². The molecule has 2 unspecified atom stereocenters. The van der Waals surface area contributed by atoms with Crippen molar-refractivity contribution in [3.63, 3.8) is 0 Å². The number of nitrogens with zero attached hydrogens (tertiary/aromatic N) is 3. The van der Waals surface area contributed by atoms with Crippen LogP contribution in [0.4, 0.5) is 0 Å². The van der Waals surface area contributed by atoms with E-state index in [0.717, 1.165) is 21.4 Å². The number of hydrogen-bond donors (Lipinski definition) is 1. The maximum absolute atomic E-state index is 12.6. The van der Waals surface area contributed by atoms with Crippen LogP contribution in [0.3, 0.4) is 0 Å². The molecular formula is C19H21BrN4O. The summed E-state index contributed by atoms with van der Waals surface area (Å²) in [5.41, 5.74) is 3.00. The first-order valence-electron chi connectivity index (χ1n) is 8.20. The van der Waals surface area contributed by atoms with Gasteiger partial charge in [0.25, 0.3) is 0 Å². The lowest BCUT2D eigenvalue weighted by Gasteiger charge is -2.19. The maximum atomic E-state index is 12.6. The summed E-state index contributed by atoms with van der Waals surface area (Å²) in [6.45, 7) is 5.74. The summed E-state index contributed by atoms with van der Waals surface area (Å²) in [4.78, 5) is 12.6. The van der Waals surface area contributed by atoms with E-state index in [1.165, 1.54) is 0 Å². The number of carbonyl (C=O) groups is 1. The topological polar surface area (TPSA) is 51.9 Å². The van der Waals surface area contributed by atoms with Gasteiger partial charge in [-0.1, -0.05) is 12.1 Å². The van der Waals surface area contributed by atoms with Gasteiger partial charge in [-0.15, -0.1) is 0 Å². The number of aryl methyl sites for hydroxylation is 1. The third kappa shape index (κ3) is 3.85. The molecule has 25 heavy (non-hydrogen) atoms. The van der Waals surface area contributed by atoms with Gasteiger partial charge < -0.3 is 9.88 Å². The van der Waals surface area contributed by atoms with Crippen LogP contribution in [0.1, 0.15) is 37.2 Å². The molecule has 0 saturated carbocycles. The van der Waals surface area contributed by atoms with Gasteiger partial charge in [-0.05, 0) is 66.5 Å². The highest BCUT2D eigenvalue weighted by atomic mass is 79.9. The van der Waals surface area contributed by atoms with Gasteiger partial charge in [0.05, 0.1) is 16.2 Å². The molecule has 2 heterocycles. The third-order valence-electron chi connectivity index (χ3n) is 4.26. The van der Waals surface area contributed by atoms with E-state index in [-0.39, 0.29) is 18.0 Å². The third-order valence-corrected chi connectivity index (χ3v) is 5.04. The zero-order valence-electron chi connectivity index (χ0n) is 14.5. The smallest absolute Gasteiger partial charge is 0.245 e. The van der Waals surface area contributed by atoms with Gasteiger partial charge in [-0.3, -0.25) is 9.48 Å². The number of benzene rings is 1. The second kappa shape index (κ2) is 7.27. The van der Waals surface area contributed by atoms with E-state index < -0.39 is 0 Å². The quantitative estimate of drug-likeness (QED) is 0.697. The Kier molecular flexibility index (Phi) is 5.08. The Morgan fingerprint density at radius 1 is 1.20 bits per heavy atom. The van der Waals surface area contributed by atoms with Crippen LogP contribution in [0, 0.1) is 6.92 Å². The predicted molar refractivity (Wildman–Crippen MR) is 102 cm³/mol. The van der Waals surface area contributed by atoms with Crippen molar-refractivity contribution in [1.29, 1.82) is 0 Å². The lowest BCUT2D eigenvalue weighted by atomic mass is 10.1. The molecule has 3 aromatic rings. The Morgan fingerprint density at radius 2 is 1.92 bits per heavy atom. The molecule has 0 radical (unpaired) electrons. The second-order valence-corrected chi connectivity index (χ2v) is 6.99. The molecule has 0 spiro atoms. The molecule has 0 bridgehead atoms. The lowest BCUT2D eigenvalue weighted by Crippen LogP contribution is -2.33. The van der Waals surface area contributed by atoms with Crippen molar-refractivity contribution in [2.75, 3.05) is 0 Å². The zero-order chi connectivity index (χ0) is 18.0. The SMILES string of the molecule is Cc1nn(C(C)C(=O)NC(C)c2cccc(-n3cccc3)c2)cc1Br. The zero-order valence-corrected chi connectivity index (χ0v) is 16.1. The Labute approximate surface area is 155 Å². The molecule has 6 heteroatoms. The van der Waals surface area contributed by atoms with Crippen molar-refractivity contribution in [2.24, 2.45) is 0 Å². The molecule has 0 saturated heterocycles. The summed E-state index contributed by atoms with van der Waals surface area (Å²) >= 11 is 3.43. The highest BCUT2D eigenvalue weighted by Gasteiger charge is 2.19. The fourth-order valence-corrected chi connectivity index (χ4v) is 2.95. The number of amides is 1. The van der Waals surface area contributed by atoms with E-state index in [1.807, 2.05) is 74.3 Å². The van der Waals surface area contributed by atoms with Gasteiger partial charge in [0.2, 0.25) is 5.91 Å². The predicted octanol–water partition coefficient (Wildman–Crippen LogP) is 4.18. The maximum Gasteiger partial charge on any atom is 0.245 e. The number of halogens is 1. The molecule has 5 nitrogen and oxygen atoms in total. The van der Waals surface area contributed by atoms with E-state index in [9.17, 15) is 4.79 Å². The molecule has 2 atom stereocenters. The molecule has 2 aromatic heterocycles. The van der Waals surface area contributed by atoms with E-state index in [2.05, 4.69) is 32.4 Å². The van der Waals surface area contributed by atoms with Crippen molar-refractivity contribution in [1.82, 2.24) is 19.7 Å². The van der Waals surface area contributed by atoms with Gasteiger partial charge >= 0.3 is 0 Å². The van der Waals surface area contributed by atoms with Crippen molar-refractivity contribution in [3.8, 4) is 5.69 Å². The minimum atomic E-state index is -0.375. The fourth-order valence-electron chi connectivity index (χ4n) is 2.66. The molecule has 1 aromatic carbocycles. The molecule has 0 aliphatic heterocycles. The summed E-state index contributed by atoms with van der Waals surface area (Å²) in [7, 11) is 0. The molecule has 1 N–H and O–H groups in total. The lowest BCUT2D eigenvalue weighted by molar-refractivity contribution is -0.124. The van der Waals surface area contributed by atoms with Crippen LogP contribution in [0.2, 0.25) is 0 Å². The molecular weight excluding hydrogens is 380 g/mol. The Morgan fingerprint density at radius 3 is 2.56 bits per heavy atom. The average molecular weight is 401 g/mol. The molecule has 0 aliphatic rings. The minimum absolute atomic E-state index is 0.0612. The summed E-state index contributed by atoms with van der Waals surface area (Å²) in [5.74, 6) is -0.0612. The number of carbonyl (C=O) groups excluding carboxylic acids is 1. The normalized spacial score (nSPS) is 13.4. The van der Waals surface area contributed by atoms with Gasteiger partial charge in [-0.2, -0.15) is 5.10 Å². The van der Waals surface area contributed by atoms with Crippen molar-refractivity contribution in [3.05, 3.63) is 70.7 Å². The summed E-state index contributed by atoms with van der Waals surface area (Å²) in [6, 6.07) is 11.7. The number of nitrogens with one attached hydrogen (secondary N) is 1. The van der Waals surface area contributed by atoms with Crippen LogP contribution in [0.5, 0.6) is 0 Å². The van der Waals surface area contributed by atoms with Crippen molar-refractivity contribution in [2.45, 2.75) is 32.9 Å². The van der Waals surface area contributed by atoms with E-state index in [4.69, 9.17) is 0 Å². The van der Waals surface area contributed by atoms with Crippen molar-refractivity contribution < 1.29 is 4.79 Å². The number of hydrogen-bond acceptors (Lipinski definition) is 2. The highest BCUT2D eigenvalue weighted by molar-refractivity contribution is 9.10. The van der Waals surface area contributed by atoms with E-state index in [0.29, 0.717) is 0 Å². The Hall–Kier alpha value is -2.34. The van der Waals surface area contributed by atoms with Gasteiger partial charge in [-0.25, -0.2) is 0 Å². The van der Waals surface area contributed by atoms with Gasteiger partial charge in [0.15, 0.2) is 0 Å². The Balaban J connectivity index is 1.72. The number of rotatable bonds is 5. The second-order valence-electron chi connectivity index (χ2n) is 6.13. The van der Waals surface area contributed by atoms with E-state index >= 15 is 0 Å². The Bertz CT molecular complexity index is 850. The monoisotopic (exact) mass is 400 g/mol. The molecule has 130 valence electrons. The first-order valence-corrected chi connectivity index (χ1v) is 9.00. The van der Waals surface area contributed by atoms with Crippen molar-refractivity contribution >= 4 is 21.8 Å². The number of aromatic nitrogens is 3. The first kappa shape index (κ1) is 17.5. The largest absolute Gasteiger partial charge is 0.348 e. The summed E-state index contributed by atoms with van der Waals surface area (Å²) < 4.78 is 4.63. The van der Waals surface area contributed by atoms with Crippen LogP contribution in [0.15, 0.2) is 59.5 Å². The molecule has 0 aliphatic carbocycles. The van der Waals surface area contributed by atoms with Crippen LogP contribution in [-0.4, -0.2) is 20.3 Å². The standard InChI is InChI=1S/C19H21BrN4O/c1-13(16-7-6-8-17(11-16)23-9-4-5-10-23)21-19(25)15(3)24-12-18(20)14(2)22-24/h4-13,15H,1-3H3,(H,21,25). The average Bonchev–Trinajstić information content (AvgIpc) is 3.25. The fraction of sp³-hybridized carbons (Fsp3) is 0.263. The highest BCUT2D eigenvalue weighted by Crippen LogP contribution is 2.20. The van der Waals surface area contributed by atoms with Crippen LogP contribution in [0.25, 0.3) is 5.69 Å². The van der Waals surface area contributed by atoms with E-state index in [1.54, 1.807) is 4.68 Å². The minimum Gasteiger partial charge on any atom is -0.348 e. The molecule has 3 rings (SSSR count). The summed E-state index contributed by atoms with van der Waals surface area (Å²) in [5, 5.41) is 7.44. The summed E-state index contributed by atoms with van der Waals surface area (Å²) in [6.07, 6.45) is 5.83. The van der Waals surface area contributed by atoms with Crippen LogP contribution < -0.4 is 5.32 Å². The van der Waals surface area contributed by atoms with Gasteiger partial charge in [0, 0.05) is 24.3 Å².